The van der Waals surface area contributed by atoms with Crippen LogP contribution in [0, 0.1) is 5.82 Å². The van der Waals surface area contributed by atoms with Crippen molar-refractivity contribution < 1.29 is 26.7 Å². The van der Waals surface area contributed by atoms with E-state index in [-0.39, 0.29) is 30.4 Å². The Hall–Kier alpha value is -2.33. The summed E-state index contributed by atoms with van der Waals surface area (Å²) in [4.78, 5) is 19.7. The third kappa shape index (κ3) is 15.2. The van der Waals surface area contributed by atoms with Crippen LogP contribution in [-0.2, 0) is 24.2 Å². The molecule has 1 aromatic heterocycles. The molecule has 1 heterocycles. The van der Waals surface area contributed by atoms with E-state index in [1.165, 1.54) is 19.1 Å². The molecule has 1 aromatic carbocycles. The number of hydrogen-bond acceptors (Lipinski definition) is 5. The number of carbonyl (C=O) groups is 1. The minimum atomic E-state index is -2.89. The van der Waals surface area contributed by atoms with Crippen LogP contribution in [0.2, 0.25) is 5.28 Å². The highest BCUT2D eigenvalue weighted by Crippen LogP contribution is 2.26. The topological polar surface area (TPSA) is 58.1 Å². The molecule has 11 heteroatoms. The predicted molar refractivity (Wildman–Crippen MR) is 162 cm³/mol. The van der Waals surface area contributed by atoms with Crippen molar-refractivity contribution in [2.24, 2.45) is 0 Å². The number of rotatable bonds is 17. The highest BCUT2D eigenvalue weighted by atomic mass is 35.5. The number of nitrogens with one attached hydrogen (secondary N) is 1. The standard InChI is InChI=1S/C25H34ClF5N4.C4H8O.C2H6/c1-4-18-20(13-8-6-7-9-14-35(3)16-25(30,31)5-2)33-24(26)34-23(18)32-15-17-11-10-12-19(21(17)27)22(28)29;1-2-3-4-5;1-2/h10-12,22H,4-9,13-16H2,1-3H3,(H,32,33,34);4H,2-3H2,1H3;1-2H3. The second-order valence-electron chi connectivity index (χ2n) is 9.66. The van der Waals surface area contributed by atoms with Gasteiger partial charge in [0.25, 0.3) is 12.3 Å². The zero-order valence-corrected chi connectivity index (χ0v) is 26.6. The van der Waals surface area contributed by atoms with E-state index in [0.29, 0.717) is 31.6 Å². The van der Waals surface area contributed by atoms with E-state index in [0.717, 1.165) is 55.7 Å². The highest BCUT2D eigenvalue weighted by molar-refractivity contribution is 6.28. The molecule has 5 nitrogen and oxygen atoms in total. The summed E-state index contributed by atoms with van der Waals surface area (Å²) in [5.74, 6) is -3.12. The number of aryl methyl sites for hydroxylation is 1. The van der Waals surface area contributed by atoms with Gasteiger partial charge in [-0.05, 0) is 57.3 Å². The van der Waals surface area contributed by atoms with E-state index in [4.69, 9.17) is 11.6 Å². The van der Waals surface area contributed by atoms with Gasteiger partial charge in [0.1, 0.15) is 17.9 Å². The van der Waals surface area contributed by atoms with Gasteiger partial charge in [0.15, 0.2) is 0 Å². The number of nitrogens with zero attached hydrogens (tertiary/aromatic N) is 3. The van der Waals surface area contributed by atoms with Crippen LogP contribution in [0.25, 0.3) is 0 Å². The lowest BCUT2D eigenvalue weighted by Gasteiger charge is -2.22. The van der Waals surface area contributed by atoms with Gasteiger partial charge in [-0.2, -0.15) is 0 Å². The van der Waals surface area contributed by atoms with Gasteiger partial charge < -0.3 is 15.0 Å². The van der Waals surface area contributed by atoms with Crippen LogP contribution >= 0.6 is 11.6 Å². The summed E-state index contributed by atoms with van der Waals surface area (Å²) in [5, 5.41) is 3.08. The Morgan fingerprint density at radius 3 is 2.29 bits per heavy atom. The van der Waals surface area contributed by atoms with E-state index >= 15 is 0 Å². The molecular weight excluding hydrogens is 575 g/mol. The first-order valence-electron chi connectivity index (χ1n) is 14.8. The lowest BCUT2D eigenvalue weighted by molar-refractivity contribution is -0.107. The van der Waals surface area contributed by atoms with Gasteiger partial charge in [-0.1, -0.05) is 65.7 Å². The van der Waals surface area contributed by atoms with Gasteiger partial charge in [-0.15, -0.1) is 0 Å². The maximum absolute atomic E-state index is 14.4. The number of unbranched alkanes of at least 4 members (excludes halogenated alkanes) is 4. The van der Waals surface area contributed by atoms with Gasteiger partial charge in [-0.25, -0.2) is 31.9 Å². The molecule has 0 aliphatic carbocycles. The summed E-state index contributed by atoms with van der Waals surface area (Å²) in [6.07, 6.45) is 4.35. The normalized spacial score (nSPS) is 11.1. The Morgan fingerprint density at radius 1 is 1.07 bits per heavy atom. The first kappa shape index (κ1) is 39.7. The fourth-order valence-corrected chi connectivity index (χ4v) is 4.23. The van der Waals surface area contributed by atoms with E-state index in [9.17, 15) is 26.7 Å². The molecular formula is C31H48ClF5N4O. The predicted octanol–water partition coefficient (Wildman–Crippen LogP) is 9.47. The minimum Gasteiger partial charge on any atom is -0.366 e. The average Bonchev–Trinajstić information content (AvgIpc) is 2.95. The SMILES string of the molecule is CC.CCCC=O.CCc1c(CCCCCCN(C)CC(F)(F)CC)nc(Cl)nc1NCc1cccc(C(F)F)c1F. The Labute approximate surface area is 253 Å². The second kappa shape index (κ2) is 22.2. The fraction of sp³-hybridized carbons (Fsp3) is 0.645. The number of aldehydes is 1. The quantitative estimate of drug-likeness (QED) is 0.0824. The van der Waals surface area contributed by atoms with Crippen molar-refractivity contribution >= 4 is 23.7 Å². The summed E-state index contributed by atoms with van der Waals surface area (Å²) in [6, 6.07) is 3.91. The first-order valence-corrected chi connectivity index (χ1v) is 15.2. The fourth-order valence-electron chi connectivity index (χ4n) is 4.04. The lowest BCUT2D eigenvalue weighted by atomic mass is 10.0. The van der Waals surface area contributed by atoms with Gasteiger partial charge >= 0.3 is 0 Å². The van der Waals surface area contributed by atoms with Crippen LogP contribution in [0.3, 0.4) is 0 Å². The number of halogens is 6. The van der Waals surface area contributed by atoms with Crippen LogP contribution in [0.1, 0.15) is 108 Å². The van der Waals surface area contributed by atoms with Crippen molar-refractivity contribution in [2.45, 2.75) is 111 Å². The maximum atomic E-state index is 14.4. The molecule has 0 radical (unpaired) electrons. The smallest absolute Gasteiger partial charge is 0.266 e. The zero-order chi connectivity index (χ0) is 32.1. The summed E-state index contributed by atoms with van der Waals surface area (Å²) < 4.78 is 67.2. The molecule has 42 heavy (non-hydrogen) atoms. The average molecular weight is 623 g/mol. The number of carbonyl (C=O) groups excluding carboxylic acids is 1. The van der Waals surface area contributed by atoms with Crippen LogP contribution in [-0.4, -0.2) is 47.2 Å². The van der Waals surface area contributed by atoms with Crippen LogP contribution in [0.15, 0.2) is 18.2 Å². The molecule has 1 N–H and O–H groups in total. The van der Waals surface area contributed by atoms with Gasteiger partial charge in [0.05, 0.1) is 17.8 Å². The Morgan fingerprint density at radius 2 is 1.74 bits per heavy atom. The summed E-state index contributed by atoms with van der Waals surface area (Å²) in [6.45, 7) is 9.79. The highest BCUT2D eigenvalue weighted by Gasteiger charge is 2.27. The number of anilines is 1. The zero-order valence-electron chi connectivity index (χ0n) is 25.9. The molecule has 0 amide bonds. The summed E-state index contributed by atoms with van der Waals surface area (Å²) in [7, 11) is 1.71. The molecule has 2 aromatic rings. The van der Waals surface area contributed by atoms with Crippen molar-refractivity contribution in [3.8, 4) is 0 Å². The molecule has 2 rings (SSSR count). The number of aromatic nitrogens is 2. The molecule has 0 saturated carbocycles. The van der Waals surface area contributed by atoms with Crippen molar-refractivity contribution in [1.29, 1.82) is 0 Å². The van der Waals surface area contributed by atoms with Crippen LogP contribution in [0.5, 0.6) is 0 Å². The number of alkyl halides is 4. The molecule has 0 unspecified atom stereocenters. The van der Waals surface area contributed by atoms with Crippen molar-refractivity contribution in [2.75, 3.05) is 25.5 Å². The van der Waals surface area contributed by atoms with E-state index in [2.05, 4.69) is 15.3 Å². The second-order valence-corrected chi connectivity index (χ2v) is 10.00. The largest absolute Gasteiger partial charge is 0.366 e. The third-order valence-corrected chi connectivity index (χ3v) is 6.51. The molecule has 0 bridgehead atoms. The van der Waals surface area contributed by atoms with Crippen molar-refractivity contribution in [1.82, 2.24) is 14.9 Å². The summed E-state index contributed by atoms with van der Waals surface area (Å²) in [5.41, 5.74) is 1.12. The van der Waals surface area contributed by atoms with E-state index < -0.39 is 23.7 Å². The van der Waals surface area contributed by atoms with Crippen LogP contribution < -0.4 is 5.32 Å². The molecule has 0 spiro atoms. The number of hydrogen-bond donors (Lipinski definition) is 1. The minimum absolute atomic E-state index is 0.0171. The third-order valence-electron chi connectivity index (χ3n) is 6.34. The number of benzene rings is 1. The Bertz CT molecular complexity index is 1030. The lowest BCUT2D eigenvalue weighted by Crippen LogP contribution is -2.34. The van der Waals surface area contributed by atoms with E-state index in [1.54, 1.807) is 11.9 Å². The molecule has 0 atom stereocenters. The summed E-state index contributed by atoms with van der Waals surface area (Å²) >= 11 is 6.12. The maximum Gasteiger partial charge on any atom is 0.266 e. The van der Waals surface area contributed by atoms with Gasteiger partial charge in [-0.3, -0.25) is 0 Å². The Kier molecular flexibility index (Phi) is 21.0. The molecule has 240 valence electrons. The monoisotopic (exact) mass is 622 g/mol. The van der Waals surface area contributed by atoms with Gasteiger partial charge in [0, 0.05) is 30.5 Å². The molecule has 0 aliphatic heterocycles. The van der Waals surface area contributed by atoms with Crippen molar-refractivity contribution in [3.63, 3.8) is 0 Å². The molecule has 0 aliphatic rings. The van der Waals surface area contributed by atoms with E-state index in [1.807, 2.05) is 27.7 Å². The molecule has 0 fully saturated rings. The van der Waals surface area contributed by atoms with Gasteiger partial charge in [0.2, 0.25) is 5.28 Å². The first-order chi connectivity index (χ1) is 20.0. The Balaban J connectivity index is 0.00000216. The van der Waals surface area contributed by atoms with Crippen molar-refractivity contribution in [3.05, 3.63) is 51.7 Å². The van der Waals surface area contributed by atoms with Crippen LogP contribution in [0.4, 0.5) is 27.8 Å². The molecule has 0 saturated heterocycles.